The van der Waals surface area contributed by atoms with E-state index in [1.807, 2.05) is 38.1 Å². The molecule has 5 heteroatoms. The average molecular weight is 353 g/mol. The molecule has 1 atom stereocenters. The molecule has 26 heavy (non-hydrogen) atoms. The van der Waals surface area contributed by atoms with Crippen LogP contribution in [-0.2, 0) is 7.05 Å². The van der Waals surface area contributed by atoms with Crippen molar-refractivity contribution in [2.45, 2.75) is 20.3 Å². The van der Waals surface area contributed by atoms with Crippen LogP contribution >= 0.6 is 0 Å². The van der Waals surface area contributed by atoms with Crippen LogP contribution in [0.15, 0.2) is 41.2 Å². The lowest BCUT2D eigenvalue weighted by atomic mass is 10.1. The number of aryl methyl sites for hydroxylation is 2. The first kappa shape index (κ1) is 18.2. The summed E-state index contributed by atoms with van der Waals surface area (Å²) < 4.78 is 1.54. The first-order valence-corrected chi connectivity index (χ1v) is 9.11. The van der Waals surface area contributed by atoms with Crippen molar-refractivity contribution in [1.82, 2.24) is 9.47 Å². The van der Waals surface area contributed by atoms with Crippen molar-refractivity contribution in [1.29, 1.82) is 0 Å². The van der Waals surface area contributed by atoms with E-state index in [1.165, 1.54) is 5.69 Å². The molecule has 5 nitrogen and oxygen atoms in total. The maximum Gasteiger partial charge on any atom is 0.263 e. The largest absolute Gasteiger partial charge is 0.371 e. The smallest absolute Gasteiger partial charge is 0.263 e. The van der Waals surface area contributed by atoms with Crippen molar-refractivity contribution in [3.05, 3.63) is 63.6 Å². The molecular weight excluding hydrogens is 326 g/mol. The zero-order chi connectivity index (χ0) is 18.8. The quantitative estimate of drug-likeness (QED) is 0.849. The number of aromatic nitrogens is 1. The minimum Gasteiger partial charge on any atom is -0.371 e. The first-order chi connectivity index (χ1) is 12.4. The van der Waals surface area contributed by atoms with Crippen LogP contribution in [0.3, 0.4) is 0 Å². The summed E-state index contributed by atoms with van der Waals surface area (Å²) in [5.74, 6) is 0.236. The van der Waals surface area contributed by atoms with E-state index in [4.69, 9.17) is 0 Å². The molecule has 138 valence electrons. The lowest BCUT2D eigenvalue weighted by Gasteiger charge is -2.23. The zero-order valence-electron chi connectivity index (χ0n) is 16.0. The molecule has 0 aliphatic carbocycles. The monoisotopic (exact) mass is 353 g/mol. The van der Waals surface area contributed by atoms with E-state index in [-0.39, 0.29) is 11.5 Å². The van der Waals surface area contributed by atoms with Gasteiger partial charge < -0.3 is 14.4 Å². The predicted octanol–water partition coefficient (Wildman–Crippen LogP) is 2.60. The normalized spacial score (nSPS) is 16.8. The molecule has 1 aliphatic rings. The van der Waals surface area contributed by atoms with E-state index < -0.39 is 0 Å². The van der Waals surface area contributed by atoms with Crippen molar-refractivity contribution in [2.75, 3.05) is 31.6 Å². The van der Waals surface area contributed by atoms with Gasteiger partial charge in [-0.15, -0.1) is 0 Å². The Morgan fingerprint density at radius 3 is 2.62 bits per heavy atom. The second-order valence-corrected chi connectivity index (χ2v) is 7.33. The molecule has 0 N–H and O–H groups in total. The molecule has 1 aromatic heterocycles. The number of carbonyl (C=O) groups is 1. The molecule has 1 saturated heterocycles. The molecule has 0 saturated carbocycles. The molecule has 2 aromatic rings. The molecule has 3 rings (SSSR count). The van der Waals surface area contributed by atoms with Gasteiger partial charge in [0, 0.05) is 45.1 Å². The Hall–Kier alpha value is -2.56. The van der Waals surface area contributed by atoms with Crippen LogP contribution in [0, 0.1) is 19.8 Å². The predicted molar refractivity (Wildman–Crippen MR) is 105 cm³/mol. The number of hydrogen-bond donors (Lipinski definition) is 0. The molecule has 0 radical (unpaired) electrons. The Morgan fingerprint density at radius 2 is 1.92 bits per heavy atom. The maximum atomic E-state index is 12.9. The van der Waals surface area contributed by atoms with Crippen molar-refractivity contribution in [3.63, 3.8) is 0 Å². The third-order valence-corrected chi connectivity index (χ3v) is 5.37. The van der Waals surface area contributed by atoms with E-state index in [0.29, 0.717) is 18.0 Å². The van der Waals surface area contributed by atoms with Gasteiger partial charge in [-0.05, 0) is 49.9 Å². The summed E-state index contributed by atoms with van der Waals surface area (Å²) in [6, 6.07) is 12.3. The summed E-state index contributed by atoms with van der Waals surface area (Å²) in [6.07, 6.45) is 1.05. The summed E-state index contributed by atoms with van der Waals surface area (Å²) in [6.45, 7) is 6.32. The molecule has 1 aromatic carbocycles. The van der Waals surface area contributed by atoms with Gasteiger partial charge in [-0.2, -0.15) is 0 Å². The van der Waals surface area contributed by atoms with Crippen LogP contribution in [-0.4, -0.2) is 42.1 Å². The number of nitrogens with zero attached hydrogens (tertiary/aromatic N) is 3. The van der Waals surface area contributed by atoms with Gasteiger partial charge in [-0.3, -0.25) is 9.59 Å². The highest BCUT2D eigenvalue weighted by Crippen LogP contribution is 2.24. The Balaban J connectivity index is 1.70. The Bertz CT molecular complexity index is 858. The van der Waals surface area contributed by atoms with Crippen molar-refractivity contribution in [3.8, 4) is 0 Å². The second kappa shape index (κ2) is 7.36. The first-order valence-electron chi connectivity index (χ1n) is 9.11. The van der Waals surface area contributed by atoms with Crippen molar-refractivity contribution in [2.24, 2.45) is 13.0 Å². The molecule has 1 amide bonds. The van der Waals surface area contributed by atoms with Gasteiger partial charge in [0.15, 0.2) is 0 Å². The highest BCUT2D eigenvalue weighted by atomic mass is 16.2. The number of hydrogen-bond acceptors (Lipinski definition) is 3. The number of pyridine rings is 1. The summed E-state index contributed by atoms with van der Waals surface area (Å²) in [7, 11) is 3.51. The molecule has 0 bridgehead atoms. The van der Waals surface area contributed by atoms with Crippen LogP contribution < -0.4 is 10.5 Å². The van der Waals surface area contributed by atoms with Crippen LogP contribution in [0.1, 0.15) is 28.0 Å². The molecule has 1 aliphatic heterocycles. The molecule has 1 unspecified atom stereocenters. The van der Waals surface area contributed by atoms with E-state index >= 15 is 0 Å². The Kier molecular flexibility index (Phi) is 5.16. The molecular formula is C21H27N3O2. The lowest BCUT2D eigenvalue weighted by Crippen LogP contribution is -2.38. The maximum absolute atomic E-state index is 12.9. The number of rotatable bonds is 4. The van der Waals surface area contributed by atoms with Gasteiger partial charge in [0.1, 0.15) is 5.56 Å². The number of amides is 1. The molecule has 0 spiro atoms. The van der Waals surface area contributed by atoms with Crippen LogP contribution in [0.2, 0.25) is 0 Å². The highest BCUT2D eigenvalue weighted by Gasteiger charge is 2.27. The van der Waals surface area contributed by atoms with E-state index in [0.717, 1.165) is 30.8 Å². The van der Waals surface area contributed by atoms with E-state index in [9.17, 15) is 9.59 Å². The Morgan fingerprint density at radius 1 is 1.23 bits per heavy atom. The minimum atomic E-state index is -0.211. The highest BCUT2D eigenvalue weighted by molar-refractivity contribution is 5.95. The number of benzene rings is 1. The second-order valence-electron chi connectivity index (χ2n) is 7.33. The van der Waals surface area contributed by atoms with Crippen LogP contribution in [0.25, 0.3) is 0 Å². The summed E-state index contributed by atoms with van der Waals surface area (Å²) >= 11 is 0. The van der Waals surface area contributed by atoms with Gasteiger partial charge in [-0.25, -0.2) is 0 Å². The van der Waals surface area contributed by atoms with Crippen LogP contribution in [0.5, 0.6) is 0 Å². The van der Waals surface area contributed by atoms with Gasteiger partial charge >= 0.3 is 0 Å². The summed E-state index contributed by atoms with van der Waals surface area (Å²) in [4.78, 5) is 29.5. The van der Waals surface area contributed by atoms with Gasteiger partial charge in [0.25, 0.3) is 11.5 Å². The standard InChI is InChI=1S/C21H27N3O2/c1-15-12-16(2)23(4)21(26)19(15)20(25)22(3)13-17-10-11-24(14-17)18-8-6-5-7-9-18/h5-9,12,17H,10-11,13-14H2,1-4H3. The Labute approximate surface area is 154 Å². The third-order valence-electron chi connectivity index (χ3n) is 5.37. The summed E-state index contributed by atoms with van der Waals surface area (Å²) in [5, 5.41) is 0. The SMILES string of the molecule is Cc1cc(C)n(C)c(=O)c1C(=O)N(C)CC1CCN(c2ccccc2)C1. The zero-order valence-corrected chi connectivity index (χ0v) is 16.0. The fraction of sp³-hybridized carbons (Fsp3) is 0.429. The molecule has 1 fully saturated rings. The van der Waals surface area contributed by atoms with Crippen LogP contribution in [0.4, 0.5) is 5.69 Å². The fourth-order valence-corrected chi connectivity index (χ4v) is 3.76. The average Bonchev–Trinajstić information content (AvgIpc) is 3.09. The molecule has 2 heterocycles. The van der Waals surface area contributed by atoms with Gasteiger partial charge in [0.2, 0.25) is 0 Å². The fourth-order valence-electron chi connectivity index (χ4n) is 3.76. The van der Waals surface area contributed by atoms with Crippen molar-refractivity contribution < 1.29 is 4.79 Å². The van der Waals surface area contributed by atoms with Crippen molar-refractivity contribution >= 4 is 11.6 Å². The van der Waals surface area contributed by atoms with E-state index in [1.54, 1.807) is 23.6 Å². The summed E-state index contributed by atoms with van der Waals surface area (Å²) in [5.41, 5.74) is 2.92. The number of para-hydroxylation sites is 1. The topological polar surface area (TPSA) is 45.6 Å². The third kappa shape index (κ3) is 3.52. The van der Waals surface area contributed by atoms with E-state index in [2.05, 4.69) is 17.0 Å². The number of carbonyl (C=O) groups excluding carboxylic acids is 1. The van der Waals surface area contributed by atoms with Gasteiger partial charge in [-0.1, -0.05) is 18.2 Å². The van der Waals surface area contributed by atoms with Gasteiger partial charge in [0.05, 0.1) is 0 Å². The number of anilines is 1. The lowest BCUT2D eigenvalue weighted by molar-refractivity contribution is 0.0773. The minimum absolute atomic E-state index is 0.179.